The fourth-order valence-corrected chi connectivity index (χ4v) is 6.86. The lowest BCUT2D eigenvalue weighted by Gasteiger charge is -2.28. The monoisotopic (exact) mass is 433 g/mol. The second-order valence-corrected chi connectivity index (χ2v) is 11.2. The fraction of sp³-hybridized carbons (Fsp3) is 0.842. The minimum Gasteiger partial charge on any atom is -0.483 e. The van der Waals surface area contributed by atoms with Gasteiger partial charge in [0.15, 0.2) is 0 Å². The maximum absolute atomic E-state index is 8.36. The molecule has 3 aliphatic heterocycles. The molecule has 1 saturated heterocycles. The van der Waals surface area contributed by atoms with E-state index in [2.05, 4.69) is 51.7 Å². The Morgan fingerprint density at radius 1 is 1.30 bits per heavy atom. The van der Waals surface area contributed by atoms with Gasteiger partial charge >= 0.3 is 0 Å². The maximum Gasteiger partial charge on any atom is 0.290 e. The molecule has 3 unspecified atom stereocenters. The van der Waals surface area contributed by atoms with Crippen LogP contribution in [0.3, 0.4) is 0 Å². The SMILES string of the molecule is CC.CC1=NC(C2NC(CC(C)(C)C3=NC(C)(C)CS3)CS2)CS1.O=CO. The minimum atomic E-state index is -0.250. The van der Waals surface area contributed by atoms with E-state index in [1.54, 1.807) is 0 Å². The molecular formula is C19H35N3O2S3. The smallest absolute Gasteiger partial charge is 0.290 e. The van der Waals surface area contributed by atoms with Crippen molar-refractivity contribution < 1.29 is 9.90 Å². The van der Waals surface area contributed by atoms with Gasteiger partial charge in [0.25, 0.3) is 6.47 Å². The molecule has 3 rings (SSSR count). The normalized spacial score (nSPS) is 29.1. The summed E-state index contributed by atoms with van der Waals surface area (Å²) < 4.78 is 0. The third-order valence-corrected chi connectivity index (χ3v) is 8.54. The van der Waals surface area contributed by atoms with Gasteiger partial charge < -0.3 is 5.11 Å². The average molecular weight is 434 g/mol. The predicted octanol–water partition coefficient (Wildman–Crippen LogP) is 4.62. The number of rotatable bonds is 4. The summed E-state index contributed by atoms with van der Waals surface area (Å²) in [5, 5.41) is 13.8. The number of nitrogens with one attached hydrogen (secondary N) is 1. The van der Waals surface area contributed by atoms with Crippen molar-refractivity contribution in [3.8, 4) is 0 Å². The third-order valence-electron chi connectivity index (χ3n) is 4.34. The van der Waals surface area contributed by atoms with Gasteiger partial charge in [0.05, 0.1) is 27.0 Å². The summed E-state index contributed by atoms with van der Waals surface area (Å²) in [5.74, 6) is 3.46. The molecule has 0 radical (unpaired) electrons. The molecule has 0 aliphatic carbocycles. The summed E-state index contributed by atoms with van der Waals surface area (Å²) in [5.41, 5.74) is 0.292. The Kier molecular flexibility index (Phi) is 10.2. The highest BCUT2D eigenvalue weighted by atomic mass is 32.2. The van der Waals surface area contributed by atoms with E-state index in [0.29, 0.717) is 17.5 Å². The van der Waals surface area contributed by atoms with Crippen LogP contribution in [0, 0.1) is 5.41 Å². The Bertz CT molecular complexity index is 550. The van der Waals surface area contributed by atoms with Crippen LogP contribution in [0.15, 0.2) is 9.98 Å². The van der Waals surface area contributed by atoms with Crippen LogP contribution in [0.4, 0.5) is 0 Å². The minimum absolute atomic E-state index is 0.116. The number of thioether (sulfide) groups is 3. The van der Waals surface area contributed by atoms with Crippen molar-refractivity contribution >= 4 is 51.8 Å². The van der Waals surface area contributed by atoms with Crippen LogP contribution >= 0.6 is 35.3 Å². The topological polar surface area (TPSA) is 74.0 Å². The van der Waals surface area contributed by atoms with E-state index in [0.717, 1.165) is 11.5 Å². The van der Waals surface area contributed by atoms with Gasteiger partial charge in [-0.2, -0.15) is 0 Å². The van der Waals surface area contributed by atoms with E-state index in [-0.39, 0.29) is 17.4 Å². The molecule has 8 heteroatoms. The van der Waals surface area contributed by atoms with Crippen LogP contribution in [0.25, 0.3) is 0 Å². The second-order valence-electron chi connectivity index (χ2n) is 7.86. The Balaban J connectivity index is 0.000000665. The van der Waals surface area contributed by atoms with Crippen LogP contribution in [0.1, 0.15) is 54.9 Å². The highest BCUT2D eigenvalue weighted by molar-refractivity contribution is 8.14. The Hall–Kier alpha value is -0.180. The molecular weight excluding hydrogens is 398 g/mol. The number of carbonyl (C=O) groups is 1. The molecule has 0 spiro atoms. The summed E-state index contributed by atoms with van der Waals surface area (Å²) >= 11 is 5.91. The van der Waals surface area contributed by atoms with Crippen molar-refractivity contribution in [3.05, 3.63) is 0 Å². The lowest BCUT2D eigenvalue weighted by molar-refractivity contribution is -0.122. The van der Waals surface area contributed by atoms with Crippen molar-refractivity contribution in [1.82, 2.24) is 5.32 Å². The van der Waals surface area contributed by atoms with E-state index in [1.165, 1.54) is 22.3 Å². The Morgan fingerprint density at radius 2 is 1.93 bits per heavy atom. The summed E-state index contributed by atoms with van der Waals surface area (Å²) in [7, 11) is 0. The largest absolute Gasteiger partial charge is 0.483 e. The quantitative estimate of drug-likeness (QED) is 0.630. The molecule has 3 heterocycles. The van der Waals surface area contributed by atoms with Gasteiger partial charge in [0.1, 0.15) is 0 Å². The van der Waals surface area contributed by atoms with E-state index >= 15 is 0 Å². The van der Waals surface area contributed by atoms with Gasteiger partial charge in [-0.05, 0) is 27.2 Å². The Labute approximate surface area is 177 Å². The lowest BCUT2D eigenvalue weighted by Crippen LogP contribution is -2.40. The van der Waals surface area contributed by atoms with Gasteiger partial charge in [-0.3, -0.25) is 20.1 Å². The molecule has 2 N–H and O–H groups in total. The molecule has 1 fully saturated rings. The van der Waals surface area contributed by atoms with E-state index < -0.39 is 0 Å². The maximum atomic E-state index is 8.36. The first-order chi connectivity index (χ1) is 12.7. The molecule has 3 aliphatic rings. The molecule has 0 bridgehead atoms. The number of hydrogen-bond donors (Lipinski definition) is 2. The number of carboxylic acid groups (broad SMARTS) is 1. The zero-order valence-electron chi connectivity index (χ0n) is 17.6. The molecule has 3 atom stereocenters. The van der Waals surface area contributed by atoms with Crippen molar-refractivity contribution in [2.24, 2.45) is 15.4 Å². The number of nitrogens with zero attached hydrogens (tertiary/aromatic N) is 2. The number of hydrogen-bond acceptors (Lipinski definition) is 7. The molecule has 0 aromatic carbocycles. The predicted molar refractivity (Wildman–Crippen MR) is 125 cm³/mol. The standard InChI is InChI=1S/C16H27N3S3.C2H6.CH2O2/c1-10-17-12(8-20-10)13-18-11(7-21-13)6-15(2,3)14-19-16(4,5)9-22-14;1-2;2-1-3/h11-13,18H,6-9H2,1-5H3;1-2H3;1H,(H,2,3). The van der Waals surface area contributed by atoms with Crippen LogP contribution in [-0.4, -0.2) is 61.9 Å². The second kappa shape index (κ2) is 11.1. The Morgan fingerprint density at radius 3 is 2.41 bits per heavy atom. The molecule has 0 aromatic rings. The molecule has 0 amide bonds. The fourth-order valence-electron chi connectivity index (χ4n) is 3.19. The summed E-state index contributed by atoms with van der Waals surface area (Å²) in [4.78, 5) is 18.1. The molecule has 0 saturated carbocycles. The first-order valence-electron chi connectivity index (χ1n) is 9.53. The molecule has 27 heavy (non-hydrogen) atoms. The first-order valence-corrected chi connectivity index (χ1v) is 12.5. The average Bonchev–Trinajstić information content (AvgIpc) is 3.30. The van der Waals surface area contributed by atoms with Crippen LogP contribution in [-0.2, 0) is 4.79 Å². The first kappa shape index (κ1) is 24.9. The van der Waals surface area contributed by atoms with E-state index in [1.807, 2.05) is 37.4 Å². The van der Waals surface area contributed by atoms with Crippen molar-refractivity contribution in [2.45, 2.75) is 77.9 Å². The number of aliphatic imine (C=N–C) groups is 2. The molecule has 0 aromatic heterocycles. The van der Waals surface area contributed by atoms with Crippen LogP contribution < -0.4 is 5.32 Å². The van der Waals surface area contributed by atoms with Crippen molar-refractivity contribution in [1.29, 1.82) is 0 Å². The zero-order chi connectivity index (χ0) is 20.7. The summed E-state index contributed by atoms with van der Waals surface area (Å²) in [6, 6.07) is 1.04. The summed E-state index contributed by atoms with van der Waals surface area (Å²) in [6.07, 6.45) is 1.17. The third kappa shape index (κ3) is 7.63. The van der Waals surface area contributed by atoms with Gasteiger partial charge in [-0.1, -0.05) is 27.7 Å². The van der Waals surface area contributed by atoms with E-state index in [9.17, 15) is 0 Å². The van der Waals surface area contributed by atoms with Crippen LogP contribution in [0.2, 0.25) is 0 Å². The van der Waals surface area contributed by atoms with Gasteiger partial charge in [-0.15, -0.1) is 35.3 Å². The molecule has 156 valence electrons. The van der Waals surface area contributed by atoms with Crippen LogP contribution in [0.5, 0.6) is 0 Å². The highest BCUT2D eigenvalue weighted by Gasteiger charge is 2.39. The van der Waals surface area contributed by atoms with Gasteiger partial charge in [0.2, 0.25) is 0 Å². The zero-order valence-corrected chi connectivity index (χ0v) is 20.1. The summed E-state index contributed by atoms with van der Waals surface area (Å²) in [6.45, 7) is 15.1. The van der Waals surface area contributed by atoms with Crippen molar-refractivity contribution in [2.75, 3.05) is 17.3 Å². The van der Waals surface area contributed by atoms with E-state index in [4.69, 9.17) is 19.9 Å². The van der Waals surface area contributed by atoms with Gasteiger partial charge in [0, 0.05) is 28.7 Å². The van der Waals surface area contributed by atoms with Crippen molar-refractivity contribution in [3.63, 3.8) is 0 Å². The van der Waals surface area contributed by atoms with Gasteiger partial charge in [-0.25, -0.2) is 0 Å². The lowest BCUT2D eigenvalue weighted by atomic mass is 9.86. The molecule has 5 nitrogen and oxygen atoms in total. The highest BCUT2D eigenvalue weighted by Crippen LogP contribution is 2.40.